The van der Waals surface area contributed by atoms with Crippen molar-refractivity contribution in [2.75, 3.05) is 5.75 Å². The predicted molar refractivity (Wildman–Crippen MR) is 82.3 cm³/mol. The van der Waals surface area contributed by atoms with E-state index in [2.05, 4.69) is 30.9 Å². The Kier molecular flexibility index (Phi) is 5.71. The van der Waals surface area contributed by atoms with E-state index in [0.717, 1.165) is 17.2 Å². The van der Waals surface area contributed by atoms with Crippen LogP contribution in [0, 0.1) is 5.82 Å². The largest absolute Gasteiger partial charge is 0.310 e. The first-order chi connectivity index (χ1) is 9.20. The maximum absolute atomic E-state index is 13.6. The van der Waals surface area contributed by atoms with Crippen LogP contribution in [0.25, 0.3) is 0 Å². The summed E-state index contributed by atoms with van der Waals surface area (Å²) in [7, 11) is 0. The van der Waals surface area contributed by atoms with Crippen molar-refractivity contribution in [3.8, 4) is 0 Å². The van der Waals surface area contributed by atoms with Gasteiger partial charge in [-0.15, -0.1) is 0 Å². The van der Waals surface area contributed by atoms with Crippen LogP contribution in [0.1, 0.15) is 38.7 Å². The van der Waals surface area contributed by atoms with Crippen LogP contribution in [0.3, 0.4) is 0 Å². The molecule has 0 bridgehead atoms. The monoisotopic (exact) mass is 281 g/mol. The standard InChI is InChI=1S/C16H24FNS/c1-3-19-16-10-6-9-15(16)18-12(2)11-13-7-4-5-8-14(13)17/h4-5,7-8,12,15-16,18H,3,6,9-11H2,1-2H3. The SMILES string of the molecule is CCSC1CCCC1NC(C)Cc1ccccc1F. The summed E-state index contributed by atoms with van der Waals surface area (Å²) in [5.41, 5.74) is 0.820. The molecule has 1 aliphatic carbocycles. The zero-order valence-corrected chi connectivity index (χ0v) is 12.7. The molecule has 0 amide bonds. The number of benzene rings is 1. The maximum atomic E-state index is 13.6. The lowest BCUT2D eigenvalue weighted by Crippen LogP contribution is -2.41. The van der Waals surface area contributed by atoms with Gasteiger partial charge in [0.1, 0.15) is 5.82 Å². The van der Waals surface area contributed by atoms with Gasteiger partial charge >= 0.3 is 0 Å². The number of hydrogen-bond donors (Lipinski definition) is 1. The Hall–Kier alpha value is -0.540. The number of nitrogens with one attached hydrogen (secondary N) is 1. The van der Waals surface area contributed by atoms with Crippen molar-refractivity contribution in [2.45, 2.75) is 56.9 Å². The van der Waals surface area contributed by atoms with Crippen LogP contribution in [0.15, 0.2) is 24.3 Å². The molecule has 1 aromatic rings. The van der Waals surface area contributed by atoms with E-state index in [4.69, 9.17) is 0 Å². The molecule has 1 saturated carbocycles. The summed E-state index contributed by atoms with van der Waals surface area (Å²) in [5, 5.41) is 4.45. The molecule has 0 aromatic heterocycles. The molecule has 0 aliphatic heterocycles. The molecule has 3 heteroatoms. The molecule has 0 saturated heterocycles. The molecule has 1 aliphatic rings. The molecule has 1 nitrogen and oxygen atoms in total. The zero-order valence-electron chi connectivity index (χ0n) is 11.9. The molecule has 19 heavy (non-hydrogen) atoms. The lowest BCUT2D eigenvalue weighted by Gasteiger charge is -2.24. The molecule has 106 valence electrons. The summed E-state index contributed by atoms with van der Waals surface area (Å²) in [6.07, 6.45) is 4.68. The molecule has 1 fully saturated rings. The molecule has 3 unspecified atom stereocenters. The minimum Gasteiger partial charge on any atom is -0.310 e. The van der Waals surface area contributed by atoms with E-state index in [1.54, 1.807) is 12.1 Å². The number of hydrogen-bond acceptors (Lipinski definition) is 2. The average molecular weight is 281 g/mol. The van der Waals surface area contributed by atoms with Gasteiger partial charge in [0.2, 0.25) is 0 Å². The third-order valence-electron chi connectivity index (χ3n) is 3.82. The molecule has 3 atom stereocenters. The zero-order chi connectivity index (χ0) is 13.7. The van der Waals surface area contributed by atoms with E-state index in [9.17, 15) is 4.39 Å². The van der Waals surface area contributed by atoms with Crippen molar-refractivity contribution in [3.63, 3.8) is 0 Å². The van der Waals surface area contributed by atoms with E-state index in [1.807, 2.05) is 12.1 Å². The van der Waals surface area contributed by atoms with Gasteiger partial charge in [-0.05, 0) is 43.6 Å². The third-order valence-corrected chi connectivity index (χ3v) is 5.14. The van der Waals surface area contributed by atoms with Crippen LogP contribution in [0.5, 0.6) is 0 Å². The van der Waals surface area contributed by atoms with Gasteiger partial charge in [-0.3, -0.25) is 0 Å². The number of thioether (sulfide) groups is 1. The quantitative estimate of drug-likeness (QED) is 0.845. The second kappa shape index (κ2) is 7.30. The van der Waals surface area contributed by atoms with E-state index in [-0.39, 0.29) is 5.82 Å². The van der Waals surface area contributed by atoms with Gasteiger partial charge in [-0.1, -0.05) is 31.5 Å². The topological polar surface area (TPSA) is 12.0 Å². The normalized spacial score (nSPS) is 24.6. The van der Waals surface area contributed by atoms with Crippen LogP contribution in [-0.4, -0.2) is 23.1 Å². The first kappa shape index (κ1) is 14.9. The summed E-state index contributed by atoms with van der Waals surface area (Å²) in [4.78, 5) is 0. The summed E-state index contributed by atoms with van der Waals surface area (Å²) < 4.78 is 13.6. The van der Waals surface area contributed by atoms with E-state index in [1.165, 1.54) is 25.0 Å². The average Bonchev–Trinajstić information content (AvgIpc) is 2.80. The van der Waals surface area contributed by atoms with Crippen molar-refractivity contribution in [3.05, 3.63) is 35.6 Å². The third kappa shape index (κ3) is 4.22. The Morgan fingerprint density at radius 2 is 2.16 bits per heavy atom. The molecule has 2 rings (SSSR count). The summed E-state index contributed by atoms with van der Waals surface area (Å²) >= 11 is 2.06. The minimum absolute atomic E-state index is 0.0814. The van der Waals surface area contributed by atoms with Crippen molar-refractivity contribution in [1.29, 1.82) is 0 Å². The van der Waals surface area contributed by atoms with Gasteiger partial charge in [0.05, 0.1) is 0 Å². The van der Waals surface area contributed by atoms with Gasteiger partial charge in [-0.25, -0.2) is 4.39 Å². The van der Waals surface area contributed by atoms with Crippen molar-refractivity contribution < 1.29 is 4.39 Å². The summed E-state index contributed by atoms with van der Waals surface area (Å²) in [5.74, 6) is 1.10. The van der Waals surface area contributed by atoms with Gasteiger partial charge in [0.15, 0.2) is 0 Å². The highest BCUT2D eigenvalue weighted by molar-refractivity contribution is 7.99. The Balaban J connectivity index is 1.87. The molecule has 1 N–H and O–H groups in total. The van der Waals surface area contributed by atoms with E-state index in [0.29, 0.717) is 12.1 Å². The van der Waals surface area contributed by atoms with Gasteiger partial charge in [0.25, 0.3) is 0 Å². The molecule has 0 heterocycles. The van der Waals surface area contributed by atoms with E-state index < -0.39 is 0 Å². The number of halogens is 1. The molecular weight excluding hydrogens is 257 g/mol. The molecule has 1 aromatic carbocycles. The fraction of sp³-hybridized carbons (Fsp3) is 0.625. The lowest BCUT2D eigenvalue weighted by molar-refractivity contribution is 0.448. The highest BCUT2D eigenvalue weighted by Crippen LogP contribution is 2.30. The second-order valence-corrected chi connectivity index (χ2v) is 6.91. The fourth-order valence-corrected chi connectivity index (χ4v) is 4.16. The second-order valence-electron chi connectivity index (χ2n) is 5.39. The van der Waals surface area contributed by atoms with E-state index >= 15 is 0 Å². The highest BCUT2D eigenvalue weighted by atomic mass is 32.2. The van der Waals surface area contributed by atoms with Gasteiger partial charge in [-0.2, -0.15) is 11.8 Å². The Labute approximate surface area is 120 Å². The lowest BCUT2D eigenvalue weighted by atomic mass is 10.1. The van der Waals surface area contributed by atoms with Crippen LogP contribution in [-0.2, 0) is 6.42 Å². The van der Waals surface area contributed by atoms with Crippen LogP contribution >= 0.6 is 11.8 Å². The highest BCUT2D eigenvalue weighted by Gasteiger charge is 2.27. The Morgan fingerprint density at radius 3 is 2.89 bits per heavy atom. The van der Waals surface area contributed by atoms with Crippen molar-refractivity contribution in [2.24, 2.45) is 0 Å². The molecular formula is C16H24FNS. The van der Waals surface area contributed by atoms with Gasteiger partial charge < -0.3 is 5.32 Å². The molecule has 0 spiro atoms. The van der Waals surface area contributed by atoms with Crippen LogP contribution in [0.2, 0.25) is 0 Å². The van der Waals surface area contributed by atoms with Crippen molar-refractivity contribution >= 4 is 11.8 Å². The number of rotatable bonds is 6. The fourth-order valence-electron chi connectivity index (χ4n) is 2.95. The summed E-state index contributed by atoms with van der Waals surface area (Å²) in [6.45, 7) is 4.39. The smallest absolute Gasteiger partial charge is 0.126 e. The van der Waals surface area contributed by atoms with Crippen molar-refractivity contribution in [1.82, 2.24) is 5.32 Å². The van der Waals surface area contributed by atoms with Crippen LogP contribution in [0.4, 0.5) is 4.39 Å². The Bertz CT molecular complexity index is 396. The first-order valence-corrected chi connectivity index (χ1v) is 8.36. The predicted octanol–water partition coefficient (Wildman–Crippen LogP) is 4.02. The molecule has 0 radical (unpaired) electrons. The minimum atomic E-state index is -0.0814. The van der Waals surface area contributed by atoms with Gasteiger partial charge in [0, 0.05) is 17.3 Å². The maximum Gasteiger partial charge on any atom is 0.126 e. The summed E-state index contributed by atoms with van der Waals surface area (Å²) in [6, 6.07) is 8.04. The Morgan fingerprint density at radius 1 is 1.37 bits per heavy atom. The van der Waals surface area contributed by atoms with Crippen LogP contribution < -0.4 is 5.32 Å². The first-order valence-electron chi connectivity index (χ1n) is 7.31.